The molecule has 0 saturated carbocycles. The molecular formula is C15H24FNO3. The molecule has 0 spiro atoms. The van der Waals surface area contributed by atoms with Crippen molar-refractivity contribution in [3.63, 3.8) is 0 Å². The van der Waals surface area contributed by atoms with E-state index in [1.165, 1.54) is 6.07 Å². The lowest BCUT2D eigenvalue weighted by molar-refractivity contribution is 0.0213. The van der Waals surface area contributed by atoms with Gasteiger partial charge in [-0.15, -0.1) is 0 Å². The summed E-state index contributed by atoms with van der Waals surface area (Å²) in [5, 5.41) is 13.0. The minimum absolute atomic E-state index is 0.157. The molecule has 114 valence electrons. The second-order valence-corrected chi connectivity index (χ2v) is 5.46. The molecule has 1 atom stereocenters. The molecule has 0 aromatic heterocycles. The molecule has 0 aliphatic heterocycles. The van der Waals surface area contributed by atoms with Gasteiger partial charge in [0.05, 0.1) is 25.9 Å². The van der Waals surface area contributed by atoms with E-state index in [1.54, 1.807) is 25.3 Å². The minimum Gasteiger partial charge on any atom is -0.389 e. The van der Waals surface area contributed by atoms with Crippen LogP contribution in [0, 0.1) is 5.82 Å². The molecule has 0 heterocycles. The number of β-amino-alcohol motifs (C(OH)–C–C–N with tert-alkyl or cyclic N) is 1. The van der Waals surface area contributed by atoms with Gasteiger partial charge < -0.3 is 19.9 Å². The van der Waals surface area contributed by atoms with Crippen molar-refractivity contribution in [1.82, 2.24) is 5.32 Å². The van der Waals surface area contributed by atoms with Gasteiger partial charge in [0.15, 0.2) is 0 Å². The number of halogens is 1. The second-order valence-electron chi connectivity index (χ2n) is 5.46. The summed E-state index contributed by atoms with van der Waals surface area (Å²) < 4.78 is 23.7. The molecule has 0 aliphatic rings. The number of hydrogen-bond acceptors (Lipinski definition) is 4. The Hall–Kier alpha value is -1.01. The molecule has 0 bridgehead atoms. The summed E-state index contributed by atoms with van der Waals surface area (Å²) in [6.45, 7) is 5.24. The van der Waals surface area contributed by atoms with Crippen molar-refractivity contribution in [2.24, 2.45) is 0 Å². The third-order valence-corrected chi connectivity index (χ3v) is 2.85. The van der Waals surface area contributed by atoms with Crippen molar-refractivity contribution in [2.75, 3.05) is 26.9 Å². The lowest BCUT2D eigenvalue weighted by atomic mass is 10.1. The highest BCUT2D eigenvalue weighted by Gasteiger charge is 2.18. The van der Waals surface area contributed by atoms with Crippen LogP contribution in [0.3, 0.4) is 0 Å². The van der Waals surface area contributed by atoms with Gasteiger partial charge in [-0.05, 0) is 19.9 Å². The molecule has 2 N–H and O–H groups in total. The van der Waals surface area contributed by atoms with Gasteiger partial charge in [-0.2, -0.15) is 0 Å². The highest BCUT2D eigenvalue weighted by molar-refractivity contribution is 5.16. The summed E-state index contributed by atoms with van der Waals surface area (Å²) in [6.07, 6.45) is -0.641. The summed E-state index contributed by atoms with van der Waals surface area (Å²) in [5.41, 5.74) is 0.286. The maximum absolute atomic E-state index is 13.3. The van der Waals surface area contributed by atoms with E-state index in [0.29, 0.717) is 18.7 Å². The van der Waals surface area contributed by atoms with Gasteiger partial charge in [-0.25, -0.2) is 4.39 Å². The summed E-state index contributed by atoms with van der Waals surface area (Å²) in [5.74, 6) is -0.290. The van der Waals surface area contributed by atoms with E-state index in [1.807, 2.05) is 13.8 Å². The van der Waals surface area contributed by atoms with Gasteiger partial charge in [-0.1, -0.05) is 18.2 Å². The fraction of sp³-hybridized carbons (Fsp3) is 0.600. The zero-order valence-electron chi connectivity index (χ0n) is 12.4. The van der Waals surface area contributed by atoms with Crippen LogP contribution < -0.4 is 5.32 Å². The fourth-order valence-electron chi connectivity index (χ4n) is 1.79. The minimum atomic E-state index is -0.641. The molecule has 20 heavy (non-hydrogen) atoms. The predicted molar refractivity (Wildman–Crippen MR) is 76.0 cm³/mol. The van der Waals surface area contributed by atoms with E-state index in [4.69, 9.17) is 9.47 Å². The van der Waals surface area contributed by atoms with Crippen LogP contribution in [0.15, 0.2) is 24.3 Å². The van der Waals surface area contributed by atoms with Crippen molar-refractivity contribution < 1.29 is 19.0 Å². The molecule has 0 aliphatic carbocycles. The van der Waals surface area contributed by atoms with Gasteiger partial charge in [0.1, 0.15) is 5.82 Å². The van der Waals surface area contributed by atoms with Gasteiger partial charge in [0.25, 0.3) is 0 Å². The van der Waals surface area contributed by atoms with Crippen LogP contribution in [-0.4, -0.2) is 43.6 Å². The smallest absolute Gasteiger partial charge is 0.128 e. The average molecular weight is 285 g/mol. The lowest BCUT2D eigenvalue weighted by Crippen LogP contribution is -2.47. The Morgan fingerprint density at radius 3 is 2.70 bits per heavy atom. The molecule has 4 nitrogen and oxygen atoms in total. The molecular weight excluding hydrogens is 261 g/mol. The number of benzene rings is 1. The van der Waals surface area contributed by atoms with E-state index < -0.39 is 6.10 Å². The molecule has 1 rings (SSSR count). The van der Waals surface area contributed by atoms with Crippen molar-refractivity contribution in [1.29, 1.82) is 0 Å². The number of hydrogen-bond donors (Lipinski definition) is 2. The lowest BCUT2D eigenvalue weighted by Gasteiger charge is -2.26. The van der Waals surface area contributed by atoms with Gasteiger partial charge in [0.2, 0.25) is 0 Å². The number of aliphatic hydroxyl groups excluding tert-OH is 1. The Morgan fingerprint density at radius 1 is 1.35 bits per heavy atom. The third kappa shape index (κ3) is 6.43. The van der Waals surface area contributed by atoms with Crippen LogP contribution in [0.5, 0.6) is 0 Å². The molecule has 1 aromatic carbocycles. The first-order valence-electron chi connectivity index (χ1n) is 6.68. The molecule has 0 saturated heterocycles. The van der Waals surface area contributed by atoms with Crippen LogP contribution in [0.1, 0.15) is 19.4 Å². The van der Waals surface area contributed by atoms with E-state index in [2.05, 4.69) is 5.32 Å². The Labute approximate surface area is 119 Å². The quantitative estimate of drug-likeness (QED) is 0.725. The molecule has 1 aromatic rings. The van der Waals surface area contributed by atoms with Crippen LogP contribution in [0.4, 0.5) is 4.39 Å². The van der Waals surface area contributed by atoms with E-state index in [-0.39, 0.29) is 24.6 Å². The molecule has 1 unspecified atom stereocenters. The zero-order valence-corrected chi connectivity index (χ0v) is 12.4. The van der Waals surface area contributed by atoms with Crippen molar-refractivity contribution >= 4 is 0 Å². The largest absolute Gasteiger partial charge is 0.389 e. The average Bonchev–Trinajstić information content (AvgIpc) is 2.39. The number of methoxy groups -OCH3 is 1. The zero-order chi connectivity index (χ0) is 15.0. The SMILES string of the molecule is COCC(C)(C)NCC(O)COCc1ccccc1F. The second kappa shape index (κ2) is 8.32. The first-order chi connectivity index (χ1) is 9.44. The Balaban J connectivity index is 2.24. The van der Waals surface area contributed by atoms with Crippen molar-refractivity contribution in [3.8, 4) is 0 Å². The van der Waals surface area contributed by atoms with Crippen LogP contribution in [0.2, 0.25) is 0 Å². The van der Waals surface area contributed by atoms with Gasteiger partial charge in [0, 0.05) is 24.8 Å². The molecule has 0 fully saturated rings. The van der Waals surface area contributed by atoms with E-state index in [0.717, 1.165) is 0 Å². The molecule has 0 amide bonds. The third-order valence-electron chi connectivity index (χ3n) is 2.85. The first-order valence-corrected chi connectivity index (χ1v) is 6.68. The summed E-state index contributed by atoms with van der Waals surface area (Å²) in [7, 11) is 1.64. The number of nitrogens with one attached hydrogen (secondary N) is 1. The normalized spacial score (nSPS) is 13.4. The number of rotatable bonds is 9. The monoisotopic (exact) mass is 285 g/mol. The van der Waals surface area contributed by atoms with E-state index >= 15 is 0 Å². The van der Waals surface area contributed by atoms with Crippen LogP contribution >= 0.6 is 0 Å². The summed E-state index contributed by atoms with van der Waals surface area (Å²) in [4.78, 5) is 0. The Bertz CT molecular complexity index is 398. The number of aliphatic hydroxyl groups is 1. The molecule has 5 heteroatoms. The van der Waals surface area contributed by atoms with Gasteiger partial charge >= 0.3 is 0 Å². The highest BCUT2D eigenvalue weighted by atomic mass is 19.1. The highest BCUT2D eigenvalue weighted by Crippen LogP contribution is 2.08. The summed E-state index contributed by atoms with van der Waals surface area (Å²) in [6, 6.07) is 6.45. The van der Waals surface area contributed by atoms with Crippen molar-refractivity contribution in [2.45, 2.75) is 32.1 Å². The van der Waals surface area contributed by atoms with Crippen LogP contribution in [0.25, 0.3) is 0 Å². The summed E-state index contributed by atoms with van der Waals surface area (Å²) >= 11 is 0. The first kappa shape index (κ1) is 17.0. The fourth-order valence-corrected chi connectivity index (χ4v) is 1.79. The maximum atomic E-state index is 13.3. The van der Waals surface area contributed by atoms with Crippen molar-refractivity contribution in [3.05, 3.63) is 35.6 Å². The maximum Gasteiger partial charge on any atom is 0.128 e. The van der Waals surface area contributed by atoms with E-state index in [9.17, 15) is 9.50 Å². The Kier molecular flexibility index (Phi) is 7.09. The number of ether oxygens (including phenoxy) is 2. The predicted octanol–water partition coefficient (Wildman–Crippen LogP) is 1.72. The Morgan fingerprint density at radius 2 is 2.05 bits per heavy atom. The standard InChI is InChI=1S/C15H24FNO3/c1-15(2,11-19-3)17-8-13(18)10-20-9-12-6-4-5-7-14(12)16/h4-7,13,17-18H,8-11H2,1-3H3. The van der Waals surface area contributed by atoms with Crippen LogP contribution in [-0.2, 0) is 16.1 Å². The van der Waals surface area contributed by atoms with Gasteiger partial charge in [-0.3, -0.25) is 0 Å². The topological polar surface area (TPSA) is 50.7 Å². The molecule has 0 radical (unpaired) electrons.